The summed E-state index contributed by atoms with van der Waals surface area (Å²) in [7, 11) is 1.52. The molecule has 2 rings (SSSR count). The number of amides is 1. The second kappa shape index (κ2) is 6.01. The first kappa shape index (κ1) is 13.8. The summed E-state index contributed by atoms with van der Waals surface area (Å²) in [6, 6.07) is 7.41. The van der Waals surface area contributed by atoms with E-state index in [-0.39, 0.29) is 17.4 Å². The molecule has 0 saturated heterocycles. The monoisotopic (exact) mass is 272 g/mol. The predicted octanol–water partition coefficient (Wildman–Crippen LogP) is 1.48. The Labute approximate surface area is 117 Å². The number of hydrogen-bond acceptors (Lipinski definition) is 5. The van der Waals surface area contributed by atoms with Gasteiger partial charge in [-0.15, -0.1) is 0 Å². The number of nitrogens with two attached hydrogens (primary N) is 1. The Kier molecular flexibility index (Phi) is 4.14. The van der Waals surface area contributed by atoms with Crippen molar-refractivity contribution in [1.82, 2.24) is 15.3 Å². The summed E-state index contributed by atoms with van der Waals surface area (Å²) in [6.45, 7) is 2.54. The fourth-order valence-electron chi connectivity index (χ4n) is 1.71. The molecule has 0 saturated carbocycles. The Morgan fingerprint density at radius 1 is 1.35 bits per heavy atom. The van der Waals surface area contributed by atoms with Crippen molar-refractivity contribution in [3.8, 4) is 17.0 Å². The van der Waals surface area contributed by atoms with E-state index in [9.17, 15) is 4.79 Å². The van der Waals surface area contributed by atoms with Gasteiger partial charge in [0, 0.05) is 12.6 Å². The van der Waals surface area contributed by atoms with Gasteiger partial charge < -0.3 is 15.8 Å². The molecule has 104 valence electrons. The molecule has 0 aliphatic carbocycles. The number of hydrogen-bond donors (Lipinski definition) is 2. The van der Waals surface area contributed by atoms with E-state index < -0.39 is 0 Å². The standard InChI is InChI=1S/C14H16N4O2/c1-3-20-10-6-4-9(5-7-10)11-8-17-13(15)12(18-11)14(19)16-2/h4-8H,3H2,1-2H3,(H2,15,17)(H,16,19). The van der Waals surface area contributed by atoms with Crippen LogP contribution in [0.4, 0.5) is 5.82 Å². The number of carbonyl (C=O) groups is 1. The lowest BCUT2D eigenvalue weighted by Gasteiger charge is -2.07. The maximum Gasteiger partial charge on any atom is 0.273 e. The average molecular weight is 272 g/mol. The van der Waals surface area contributed by atoms with E-state index >= 15 is 0 Å². The topological polar surface area (TPSA) is 90.1 Å². The van der Waals surface area contributed by atoms with Crippen LogP contribution in [0.2, 0.25) is 0 Å². The van der Waals surface area contributed by atoms with Gasteiger partial charge in [0.25, 0.3) is 5.91 Å². The van der Waals surface area contributed by atoms with E-state index in [4.69, 9.17) is 10.5 Å². The number of nitrogens with one attached hydrogen (secondary N) is 1. The van der Waals surface area contributed by atoms with Crippen LogP contribution in [0, 0.1) is 0 Å². The Morgan fingerprint density at radius 2 is 2.05 bits per heavy atom. The number of aromatic nitrogens is 2. The molecule has 0 fully saturated rings. The van der Waals surface area contributed by atoms with Crippen LogP contribution < -0.4 is 15.8 Å². The predicted molar refractivity (Wildman–Crippen MR) is 76.4 cm³/mol. The van der Waals surface area contributed by atoms with Gasteiger partial charge in [0.05, 0.1) is 18.5 Å². The number of benzene rings is 1. The summed E-state index contributed by atoms with van der Waals surface area (Å²) >= 11 is 0. The smallest absolute Gasteiger partial charge is 0.273 e. The highest BCUT2D eigenvalue weighted by atomic mass is 16.5. The molecule has 0 radical (unpaired) electrons. The number of nitrogen functional groups attached to an aromatic ring is 1. The minimum Gasteiger partial charge on any atom is -0.494 e. The van der Waals surface area contributed by atoms with E-state index in [0.717, 1.165) is 11.3 Å². The molecule has 2 aromatic rings. The van der Waals surface area contributed by atoms with Crippen LogP contribution >= 0.6 is 0 Å². The molecular formula is C14H16N4O2. The molecular weight excluding hydrogens is 256 g/mol. The second-order valence-electron chi connectivity index (χ2n) is 4.03. The summed E-state index contributed by atoms with van der Waals surface area (Å²) < 4.78 is 5.38. The lowest BCUT2D eigenvalue weighted by molar-refractivity contribution is 0.0959. The Hall–Kier alpha value is -2.63. The van der Waals surface area contributed by atoms with Crippen molar-refractivity contribution < 1.29 is 9.53 Å². The van der Waals surface area contributed by atoms with Gasteiger partial charge >= 0.3 is 0 Å². The zero-order chi connectivity index (χ0) is 14.5. The third-order valence-electron chi connectivity index (χ3n) is 2.70. The molecule has 20 heavy (non-hydrogen) atoms. The Balaban J connectivity index is 2.35. The van der Waals surface area contributed by atoms with E-state index in [1.165, 1.54) is 13.2 Å². The van der Waals surface area contributed by atoms with Crippen molar-refractivity contribution in [2.45, 2.75) is 6.92 Å². The van der Waals surface area contributed by atoms with Gasteiger partial charge in [-0.3, -0.25) is 4.79 Å². The van der Waals surface area contributed by atoms with Gasteiger partial charge in [-0.25, -0.2) is 9.97 Å². The quantitative estimate of drug-likeness (QED) is 0.880. The molecule has 0 aliphatic rings. The molecule has 0 bridgehead atoms. The third kappa shape index (κ3) is 2.85. The minimum absolute atomic E-state index is 0.110. The van der Waals surface area contributed by atoms with Crippen LogP contribution in [-0.4, -0.2) is 29.5 Å². The summed E-state index contributed by atoms with van der Waals surface area (Å²) in [4.78, 5) is 19.9. The lowest BCUT2D eigenvalue weighted by Crippen LogP contribution is -2.21. The van der Waals surface area contributed by atoms with Crippen molar-refractivity contribution in [3.05, 3.63) is 36.2 Å². The zero-order valence-electron chi connectivity index (χ0n) is 11.4. The SMILES string of the molecule is CCOc1ccc(-c2cnc(N)c(C(=O)NC)n2)cc1. The number of ether oxygens (including phenoxy) is 1. The van der Waals surface area contributed by atoms with E-state index in [1.807, 2.05) is 31.2 Å². The van der Waals surface area contributed by atoms with Crippen LogP contribution in [0.1, 0.15) is 17.4 Å². The molecule has 1 aromatic carbocycles. The molecule has 0 spiro atoms. The fraction of sp³-hybridized carbons (Fsp3) is 0.214. The van der Waals surface area contributed by atoms with Crippen LogP contribution in [0.25, 0.3) is 11.3 Å². The van der Waals surface area contributed by atoms with Crippen molar-refractivity contribution in [1.29, 1.82) is 0 Å². The summed E-state index contributed by atoms with van der Waals surface area (Å²) in [5, 5.41) is 2.49. The molecule has 6 heteroatoms. The van der Waals surface area contributed by atoms with Crippen LogP contribution in [0.5, 0.6) is 5.75 Å². The first-order valence-electron chi connectivity index (χ1n) is 6.23. The molecule has 1 amide bonds. The Morgan fingerprint density at radius 3 is 2.65 bits per heavy atom. The van der Waals surface area contributed by atoms with Crippen molar-refractivity contribution in [2.24, 2.45) is 0 Å². The average Bonchev–Trinajstić information content (AvgIpc) is 2.48. The summed E-state index contributed by atoms with van der Waals surface area (Å²) in [5.41, 5.74) is 7.20. The molecule has 1 aromatic heterocycles. The fourth-order valence-corrected chi connectivity index (χ4v) is 1.71. The van der Waals surface area contributed by atoms with Crippen molar-refractivity contribution >= 4 is 11.7 Å². The number of anilines is 1. The van der Waals surface area contributed by atoms with Crippen LogP contribution in [-0.2, 0) is 0 Å². The molecule has 0 aliphatic heterocycles. The highest BCUT2D eigenvalue weighted by Gasteiger charge is 2.13. The molecule has 0 unspecified atom stereocenters. The van der Waals surface area contributed by atoms with Crippen LogP contribution in [0.15, 0.2) is 30.5 Å². The number of rotatable bonds is 4. The minimum atomic E-state index is -0.359. The van der Waals surface area contributed by atoms with Gasteiger partial charge in [-0.2, -0.15) is 0 Å². The van der Waals surface area contributed by atoms with Gasteiger partial charge in [-0.05, 0) is 31.2 Å². The highest BCUT2D eigenvalue weighted by molar-refractivity contribution is 5.96. The lowest BCUT2D eigenvalue weighted by atomic mass is 10.1. The third-order valence-corrected chi connectivity index (χ3v) is 2.70. The summed E-state index contributed by atoms with van der Waals surface area (Å²) in [6.07, 6.45) is 1.54. The second-order valence-corrected chi connectivity index (χ2v) is 4.03. The van der Waals surface area contributed by atoms with Crippen LogP contribution in [0.3, 0.4) is 0 Å². The number of nitrogens with zero attached hydrogens (tertiary/aromatic N) is 2. The van der Waals surface area contributed by atoms with E-state index in [1.54, 1.807) is 0 Å². The van der Waals surface area contributed by atoms with Gasteiger partial charge in [-0.1, -0.05) is 0 Å². The van der Waals surface area contributed by atoms with E-state index in [0.29, 0.717) is 12.3 Å². The maximum absolute atomic E-state index is 11.6. The molecule has 3 N–H and O–H groups in total. The highest BCUT2D eigenvalue weighted by Crippen LogP contribution is 2.21. The molecule has 0 atom stereocenters. The normalized spacial score (nSPS) is 10.1. The van der Waals surface area contributed by atoms with Gasteiger partial charge in [0.1, 0.15) is 5.75 Å². The van der Waals surface area contributed by atoms with Crippen molar-refractivity contribution in [2.75, 3.05) is 19.4 Å². The first-order chi connectivity index (χ1) is 9.65. The number of carbonyl (C=O) groups excluding carboxylic acids is 1. The first-order valence-corrected chi connectivity index (χ1v) is 6.23. The molecule has 6 nitrogen and oxygen atoms in total. The zero-order valence-corrected chi connectivity index (χ0v) is 11.4. The summed E-state index contributed by atoms with van der Waals surface area (Å²) in [5.74, 6) is 0.535. The van der Waals surface area contributed by atoms with Crippen molar-refractivity contribution in [3.63, 3.8) is 0 Å². The molecule has 1 heterocycles. The largest absolute Gasteiger partial charge is 0.494 e. The van der Waals surface area contributed by atoms with Gasteiger partial charge in [0.15, 0.2) is 11.5 Å². The van der Waals surface area contributed by atoms with Gasteiger partial charge in [0.2, 0.25) is 0 Å². The Bertz CT molecular complexity index is 611. The van der Waals surface area contributed by atoms with E-state index in [2.05, 4.69) is 15.3 Å². The maximum atomic E-state index is 11.6.